The van der Waals surface area contributed by atoms with Crippen molar-refractivity contribution in [3.63, 3.8) is 0 Å². The van der Waals surface area contributed by atoms with Crippen molar-refractivity contribution in [2.24, 2.45) is 0 Å². The topological polar surface area (TPSA) is 30.5 Å². The maximum absolute atomic E-state index is 5.96. The molecule has 3 rings (SSSR count). The van der Waals surface area contributed by atoms with Crippen LogP contribution < -0.4 is 14.8 Å². The second-order valence-corrected chi connectivity index (χ2v) is 5.33. The molecule has 0 amide bonds. The van der Waals surface area contributed by atoms with Gasteiger partial charge in [0.2, 0.25) is 0 Å². The Hall–Kier alpha value is -2.00. The monoisotopic (exact) mass is 283 g/mol. The van der Waals surface area contributed by atoms with Gasteiger partial charge >= 0.3 is 0 Å². The summed E-state index contributed by atoms with van der Waals surface area (Å²) in [7, 11) is 0. The van der Waals surface area contributed by atoms with Gasteiger partial charge in [-0.05, 0) is 49.2 Å². The van der Waals surface area contributed by atoms with E-state index in [2.05, 4.69) is 17.4 Å². The molecule has 2 aromatic rings. The number of ether oxygens (including phenoxy) is 2. The van der Waals surface area contributed by atoms with Gasteiger partial charge in [-0.3, -0.25) is 0 Å². The molecule has 1 atom stereocenters. The van der Waals surface area contributed by atoms with Gasteiger partial charge in [0.05, 0.1) is 0 Å². The highest BCUT2D eigenvalue weighted by molar-refractivity contribution is 5.31. The van der Waals surface area contributed by atoms with Crippen LogP contribution in [0.5, 0.6) is 11.5 Å². The fourth-order valence-corrected chi connectivity index (χ4v) is 2.47. The first-order valence-corrected chi connectivity index (χ1v) is 7.54. The molecule has 0 bridgehead atoms. The van der Waals surface area contributed by atoms with E-state index < -0.39 is 0 Å². The van der Waals surface area contributed by atoms with Crippen LogP contribution in [-0.4, -0.2) is 19.2 Å². The molecule has 1 saturated heterocycles. The Bertz CT molecular complexity index is 533. The Labute approximate surface area is 125 Å². The third kappa shape index (κ3) is 4.23. The quantitative estimate of drug-likeness (QED) is 0.912. The summed E-state index contributed by atoms with van der Waals surface area (Å²) in [5, 5.41) is 3.36. The Morgan fingerprint density at radius 3 is 2.43 bits per heavy atom. The second-order valence-electron chi connectivity index (χ2n) is 5.33. The summed E-state index contributed by atoms with van der Waals surface area (Å²) < 4.78 is 11.7. The molecule has 1 heterocycles. The van der Waals surface area contributed by atoms with E-state index in [-0.39, 0.29) is 6.10 Å². The van der Waals surface area contributed by atoms with Crippen molar-refractivity contribution < 1.29 is 9.47 Å². The lowest BCUT2D eigenvalue weighted by atomic mass is 10.1. The van der Waals surface area contributed by atoms with Crippen LogP contribution in [0.2, 0.25) is 0 Å². The minimum Gasteiger partial charge on any atom is -0.489 e. The minimum atomic E-state index is 0.287. The van der Waals surface area contributed by atoms with Crippen LogP contribution in [0, 0.1) is 0 Å². The van der Waals surface area contributed by atoms with E-state index in [1.807, 2.05) is 42.5 Å². The van der Waals surface area contributed by atoms with Crippen molar-refractivity contribution in [1.29, 1.82) is 0 Å². The van der Waals surface area contributed by atoms with Gasteiger partial charge in [-0.15, -0.1) is 0 Å². The summed E-state index contributed by atoms with van der Waals surface area (Å²) in [6.07, 6.45) is 2.59. The first-order valence-electron chi connectivity index (χ1n) is 7.54. The zero-order valence-electron chi connectivity index (χ0n) is 12.1. The van der Waals surface area contributed by atoms with Crippen LogP contribution in [0.1, 0.15) is 18.4 Å². The van der Waals surface area contributed by atoms with Crippen molar-refractivity contribution in [3.05, 3.63) is 60.2 Å². The molecule has 0 unspecified atom stereocenters. The van der Waals surface area contributed by atoms with Crippen LogP contribution in [0.3, 0.4) is 0 Å². The second kappa shape index (κ2) is 7.14. The van der Waals surface area contributed by atoms with E-state index in [4.69, 9.17) is 9.47 Å². The Morgan fingerprint density at radius 1 is 0.952 bits per heavy atom. The summed E-state index contributed by atoms with van der Waals surface area (Å²) in [5.41, 5.74) is 1.17. The van der Waals surface area contributed by atoms with Crippen molar-refractivity contribution in [2.45, 2.75) is 25.6 Å². The van der Waals surface area contributed by atoms with E-state index in [0.29, 0.717) is 6.61 Å². The van der Waals surface area contributed by atoms with Crippen LogP contribution in [0.15, 0.2) is 54.6 Å². The SMILES string of the molecule is c1ccc(COc2ccc(O[C@@H]3CCCNC3)cc2)cc1. The van der Waals surface area contributed by atoms with E-state index in [9.17, 15) is 0 Å². The normalized spacial score (nSPS) is 18.2. The average molecular weight is 283 g/mol. The molecule has 0 saturated carbocycles. The highest BCUT2D eigenvalue weighted by atomic mass is 16.5. The molecule has 2 aromatic carbocycles. The first kappa shape index (κ1) is 14.0. The lowest BCUT2D eigenvalue weighted by Crippen LogP contribution is -2.37. The predicted octanol–water partition coefficient (Wildman–Crippen LogP) is 3.40. The summed E-state index contributed by atoms with van der Waals surface area (Å²) in [6.45, 7) is 2.63. The van der Waals surface area contributed by atoms with Gasteiger partial charge in [-0.2, -0.15) is 0 Å². The Balaban J connectivity index is 1.51. The third-order valence-corrected chi connectivity index (χ3v) is 3.63. The van der Waals surface area contributed by atoms with Gasteiger partial charge in [0.25, 0.3) is 0 Å². The average Bonchev–Trinajstić information content (AvgIpc) is 2.56. The number of hydrogen-bond acceptors (Lipinski definition) is 3. The Kier molecular flexibility index (Phi) is 4.74. The molecule has 0 aromatic heterocycles. The maximum Gasteiger partial charge on any atom is 0.120 e. The van der Waals surface area contributed by atoms with Crippen LogP contribution in [-0.2, 0) is 6.61 Å². The van der Waals surface area contributed by atoms with Crippen LogP contribution in [0.4, 0.5) is 0 Å². The van der Waals surface area contributed by atoms with Gasteiger partial charge in [0, 0.05) is 6.54 Å². The van der Waals surface area contributed by atoms with Gasteiger partial charge in [0.15, 0.2) is 0 Å². The predicted molar refractivity (Wildman–Crippen MR) is 83.7 cm³/mol. The number of piperidine rings is 1. The zero-order valence-corrected chi connectivity index (χ0v) is 12.1. The molecule has 3 nitrogen and oxygen atoms in total. The summed E-state index contributed by atoms with van der Waals surface area (Å²) in [5.74, 6) is 1.78. The zero-order chi connectivity index (χ0) is 14.3. The molecule has 0 aliphatic carbocycles. The molecule has 1 aliphatic heterocycles. The highest BCUT2D eigenvalue weighted by Crippen LogP contribution is 2.21. The van der Waals surface area contributed by atoms with Crippen molar-refractivity contribution in [3.8, 4) is 11.5 Å². The first-order chi connectivity index (χ1) is 10.4. The number of rotatable bonds is 5. The van der Waals surface area contributed by atoms with Crippen LogP contribution >= 0.6 is 0 Å². The van der Waals surface area contributed by atoms with Gasteiger partial charge < -0.3 is 14.8 Å². The molecule has 21 heavy (non-hydrogen) atoms. The van der Waals surface area contributed by atoms with Crippen molar-refractivity contribution in [2.75, 3.05) is 13.1 Å². The van der Waals surface area contributed by atoms with E-state index >= 15 is 0 Å². The standard InChI is InChI=1S/C18H21NO2/c1-2-5-15(6-3-1)14-20-16-8-10-17(11-9-16)21-18-7-4-12-19-13-18/h1-3,5-6,8-11,18-19H,4,7,12-14H2/t18-/m1/s1. The third-order valence-electron chi connectivity index (χ3n) is 3.63. The molecule has 1 aliphatic rings. The molecular weight excluding hydrogens is 262 g/mol. The maximum atomic E-state index is 5.96. The fraction of sp³-hybridized carbons (Fsp3) is 0.333. The fourth-order valence-electron chi connectivity index (χ4n) is 2.47. The molecule has 1 N–H and O–H groups in total. The lowest BCUT2D eigenvalue weighted by Gasteiger charge is -2.24. The van der Waals surface area contributed by atoms with E-state index in [1.165, 1.54) is 12.0 Å². The van der Waals surface area contributed by atoms with E-state index in [0.717, 1.165) is 31.0 Å². The van der Waals surface area contributed by atoms with E-state index in [1.54, 1.807) is 0 Å². The summed E-state index contributed by atoms with van der Waals surface area (Å²) in [6, 6.07) is 18.1. The molecule has 3 heteroatoms. The summed E-state index contributed by atoms with van der Waals surface area (Å²) in [4.78, 5) is 0. The number of nitrogens with one attached hydrogen (secondary N) is 1. The smallest absolute Gasteiger partial charge is 0.120 e. The highest BCUT2D eigenvalue weighted by Gasteiger charge is 2.14. The summed E-state index contributed by atoms with van der Waals surface area (Å²) >= 11 is 0. The Morgan fingerprint density at radius 2 is 1.71 bits per heavy atom. The molecular formula is C18H21NO2. The van der Waals surface area contributed by atoms with Gasteiger partial charge in [0.1, 0.15) is 24.2 Å². The van der Waals surface area contributed by atoms with Crippen LogP contribution in [0.25, 0.3) is 0 Å². The minimum absolute atomic E-state index is 0.287. The van der Waals surface area contributed by atoms with Crippen molar-refractivity contribution >= 4 is 0 Å². The van der Waals surface area contributed by atoms with Crippen molar-refractivity contribution in [1.82, 2.24) is 5.32 Å². The molecule has 0 spiro atoms. The molecule has 0 radical (unpaired) electrons. The lowest BCUT2D eigenvalue weighted by molar-refractivity contribution is 0.167. The molecule has 110 valence electrons. The molecule has 1 fully saturated rings. The van der Waals surface area contributed by atoms with Gasteiger partial charge in [-0.25, -0.2) is 0 Å². The number of benzene rings is 2. The van der Waals surface area contributed by atoms with Gasteiger partial charge in [-0.1, -0.05) is 30.3 Å². The largest absolute Gasteiger partial charge is 0.489 e. The number of hydrogen-bond donors (Lipinski definition) is 1.